The third kappa shape index (κ3) is 44.3. The molecule has 0 saturated heterocycles. The van der Waals surface area contributed by atoms with Gasteiger partial charge in [-0.25, -0.2) is 0 Å². The van der Waals surface area contributed by atoms with Gasteiger partial charge in [0, 0.05) is 105 Å². The number of rotatable bonds is 2. The zero-order valence-corrected chi connectivity index (χ0v) is 38.6. The zero-order valence-electron chi connectivity index (χ0n) is 26.6. The summed E-state index contributed by atoms with van der Waals surface area (Å²) in [6, 6.07) is 9.82. The molecule has 0 amide bonds. The van der Waals surface area contributed by atoms with Crippen LogP contribution in [0.2, 0.25) is 0 Å². The van der Waals surface area contributed by atoms with Gasteiger partial charge in [-0.2, -0.15) is 0 Å². The molecule has 2 rings (SSSR count). The van der Waals surface area contributed by atoms with Crippen LogP contribution in [0.15, 0.2) is 30.3 Å². The summed E-state index contributed by atoms with van der Waals surface area (Å²) in [5.74, 6) is 12.5. The van der Waals surface area contributed by atoms with Crippen molar-refractivity contribution in [2.45, 2.75) is 39.5 Å². The van der Waals surface area contributed by atoms with E-state index < -0.39 is 0 Å². The first-order chi connectivity index (χ1) is 12.4. The minimum absolute atomic E-state index is 0. The minimum Gasteiger partial charge on any atom is -0.412 e. The molecule has 0 aliphatic rings. The maximum atomic E-state index is 5.60. The Hall–Kier alpha value is 0.240. The van der Waals surface area contributed by atoms with Crippen LogP contribution in [0, 0.1) is 36.5 Å². The fourth-order valence-electron chi connectivity index (χ4n) is 2.74. The van der Waals surface area contributed by atoms with E-state index in [0.717, 1.165) is 27.9 Å². The van der Waals surface area contributed by atoms with Crippen LogP contribution in [0.1, 0.15) is 72.9 Å². The van der Waals surface area contributed by atoms with Crippen molar-refractivity contribution >= 4 is 5.69 Å². The van der Waals surface area contributed by atoms with Gasteiger partial charge in [0.1, 0.15) is 0 Å². The number of hydrogen-bond acceptors (Lipinski definition) is 0. The Labute approximate surface area is 368 Å². The number of hydrogen-bond donors (Lipinski definition) is 0. The Morgan fingerprint density at radius 1 is 0.469 bits per heavy atom. The van der Waals surface area contributed by atoms with Gasteiger partial charge in [-0.05, 0) is 0 Å². The molecule has 0 fully saturated rings. The van der Waals surface area contributed by atoms with Crippen molar-refractivity contribution in [3.05, 3.63) is 67.0 Å². The van der Waals surface area contributed by atoms with E-state index in [-0.39, 0.29) is 204 Å². The van der Waals surface area contributed by atoms with E-state index in [2.05, 4.69) is 66.8 Å². The van der Waals surface area contributed by atoms with Gasteiger partial charge in [-0.15, -0.1) is 0 Å². The molecule has 0 unspecified atom stereocenters. The van der Waals surface area contributed by atoms with E-state index in [9.17, 15) is 0 Å². The Kier molecular flexibility index (Phi) is 245. The van der Waals surface area contributed by atoms with E-state index in [4.69, 9.17) is 12.8 Å². The predicted octanol–water partition coefficient (Wildman–Crippen LogP) is -9.09. The molecule has 0 saturated carbocycles. The summed E-state index contributed by atoms with van der Waals surface area (Å²) in [5.41, 5.74) is 6.82. The predicted molar refractivity (Wildman–Crippen MR) is 171 cm³/mol. The third-order valence-corrected chi connectivity index (χ3v) is 4.64. The van der Waals surface area contributed by atoms with Crippen LogP contribution < -0.4 is 0 Å². The molecule has 0 radical (unpaired) electrons. The van der Waals surface area contributed by atoms with Crippen molar-refractivity contribution in [3.63, 3.8) is 0 Å². The molecule has 25 heteroatoms. The molecule has 0 atom stereocenters. The van der Waals surface area contributed by atoms with Gasteiger partial charge >= 0.3 is 168 Å². The Bertz CT molecular complexity index is 1060. The molecule has 2 aromatic carbocycles. The molecule has 0 aliphatic heterocycles. The Morgan fingerprint density at radius 3 is 1.04 bits per heavy atom. The van der Waals surface area contributed by atoms with Gasteiger partial charge in [-0.3, -0.25) is 0 Å². The first-order valence-electron chi connectivity index (χ1n) is 8.51. The quantitative estimate of drug-likeness (QED) is 0.200. The second kappa shape index (κ2) is 77.6. The first-order valence-corrected chi connectivity index (χ1v) is 9.41. The van der Waals surface area contributed by atoms with Crippen molar-refractivity contribution in [3.8, 4) is 36.5 Å². The molecule has 0 spiro atoms. The number of benzene rings is 2. The van der Waals surface area contributed by atoms with Crippen LogP contribution in [0.4, 0.5) is 5.69 Å². The van der Waals surface area contributed by atoms with Gasteiger partial charge in [0.25, 0.3) is 0 Å². The molecule has 36 N–H and O–H groups in total. The van der Waals surface area contributed by atoms with Crippen molar-refractivity contribution in [1.29, 1.82) is 0 Å². The maximum absolute atomic E-state index is 5.60. The summed E-state index contributed by atoms with van der Waals surface area (Å²) in [6.07, 6.45) is 11.1. The average molecular weight is 1220 g/mol. The molecule has 0 bridgehead atoms. The standard InChI is InChI=1S/C24H21N.6Mo.18H2O/c1-7-18-9-11-20(8-2)21(13-18)12-10-19-14-22(16(3)4)24(25)23(15-19)17(5)6;;;;;;;;;;;;;;;;;;;;;;;;/h1-2,9,11,13-17H,3-6H3;;;;;;;18*1H2/q+1;;;;;;;;;;;;;;;;;;;;;;;;. The summed E-state index contributed by atoms with van der Waals surface area (Å²) in [5, 5.41) is 0. The molecule has 19 nitrogen and oxygen atoms in total. The SMILES string of the molecule is C#Cc1ccc(C#C)c(C#Cc2cc(C(C)C)c([N+]#[Mo])c(C(C)C)c2)c1.O.O.O.O.O.O.O.O.O.O.O.O.O.O.O.O.O.O.[Mo].[Mo].[Mo].[Mo].[Mo]. The second-order valence-corrected chi connectivity index (χ2v) is 7.15. The van der Waals surface area contributed by atoms with Gasteiger partial charge < -0.3 is 98.6 Å². The van der Waals surface area contributed by atoms with Gasteiger partial charge in [0.15, 0.2) is 0 Å². The molecular formula is C24H57Mo6NO18+. The van der Waals surface area contributed by atoms with Gasteiger partial charge in [-0.1, -0.05) is 0 Å². The minimum atomic E-state index is 0. The zero-order chi connectivity index (χ0) is 19.3. The molecule has 0 heterocycles. The summed E-state index contributed by atoms with van der Waals surface area (Å²) >= 11 is 1.77. The summed E-state index contributed by atoms with van der Waals surface area (Å²) in [4.78, 5) is 0. The van der Waals surface area contributed by atoms with Crippen LogP contribution in [0.3, 0.4) is 0 Å². The second-order valence-electron chi connectivity index (χ2n) is 6.70. The molecule has 49 heavy (non-hydrogen) atoms. The van der Waals surface area contributed by atoms with Crippen molar-refractivity contribution < 1.29 is 223 Å². The van der Waals surface area contributed by atoms with Crippen molar-refractivity contribution in [2.24, 2.45) is 0 Å². The average Bonchev–Trinajstić information content (AvgIpc) is 2.64. The molecule has 0 aromatic heterocycles. The Morgan fingerprint density at radius 2 is 0.796 bits per heavy atom. The number of nitrogens with zero attached hydrogens (tertiary/aromatic N) is 1. The van der Waals surface area contributed by atoms with E-state index in [1.165, 1.54) is 11.1 Å². The van der Waals surface area contributed by atoms with Crippen molar-refractivity contribution in [1.82, 2.24) is 0 Å². The van der Waals surface area contributed by atoms with Gasteiger partial charge in [0.05, 0.1) is 0 Å². The first kappa shape index (κ1) is 154. The maximum Gasteiger partial charge on any atom is 0 e. The molecule has 301 valence electrons. The Balaban J connectivity index is -0.0000000158. The summed E-state index contributed by atoms with van der Waals surface area (Å²) in [7, 11) is 0. The van der Waals surface area contributed by atoms with E-state index in [1.807, 2.05) is 18.2 Å². The monoisotopic (exact) mass is 1230 g/mol. The molecular weight excluding hydrogens is 1170 g/mol. The smallest absolute Gasteiger partial charge is 0 e. The van der Waals surface area contributed by atoms with Gasteiger partial charge in [0.2, 0.25) is 0 Å². The van der Waals surface area contributed by atoms with Crippen LogP contribution >= 0.6 is 0 Å². The number of terminal acetylenes is 2. The van der Waals surface area contributed by atoms with Crippen molar-refractivity contribution in [2.75, 3.05) is 0 Å². The summed E-state index contributed by atoms with van der Waals surface area (Å²) < 4.78 is 4.54. The van der Waals surface area contributed by atoms with Crippen LogP contribution in [-0.2, 0) is 125 Å². The topological polar surface area (TPSA) is 571 Å². The largest absolute Gasteiger partial charge is 0.412 e. The molecule has 0 aliphatic carbocycles. The van der Waals surface area contributed by atoms with Crippen LogP contribution in [-0.4, -0.2) is 98.6 Å². The van der Waals surface area contributed by atoms with Crippen LogP contribution in [0.5, 0.6) is 0 Å². The van der Waals surface area contributed by atoms with E-state index in [1.54, 1.807) is 19.4 Å². The summed E-state index contributed by atoms with van der Waals surface area (Å²) in [6.45, 7) is 8.72. The fourth-order valence-corrected chi connectivity index (χ4v) is 3.26. The fraction of sp³-hybridized carbons (Fsp3) is 0.250. The third-order valence-electron chi connectivity index (χ3n) is 4.19. The van der Waals surface area contributed by atoms with E-state index >= 15 is 0 Å². The molecule has 2 aromatic rings. The van der Waals surface area contributed by atoms with E-state index in [0.29, 0.717) is 11.8 Å². The normalized spacial score (nSPS) is 5.20. The van der Waals surface area contributed by atoms with Crippen LogP contribution in [0.25, 0.3) is 3.31 Å².